The van der Waals surface area contributed by atoms with E-state index in [9.17, 15) is 13.2 Å². The number of nitrogens with one attached hydrogen (secondary N) is 1. The fourth-order valence-corrected chi connectivity index (χ4v) is 5.34. The van der Waals surface area contributed by atoms with Gasteiger partial charge in [-0.2, -0.15) is 0 Å². The van der Waals surface area contributed by atoms with Crippen LogP contribution >= 0.6 is 11.6 Å². The van der Waals surface area contributed by atoms with Gasteiger partial charge in [-0.15, -0.1) is 0 Å². The SMILES string of the molecule is COc1ccc([C@H](CC(C)C)NC(=O)CN(c2ccc(C)c(Cl)c2)S(=O)(=O)c2ccccc2)cc1. The molecule has 3 aromatic rings. The monoisotopic (exact) mass is 514 g/mol. The molecular weight excluding hydrogens is 484 g/mol. The van der Waals surface area contributed by atoms with Crippen molar-refractivity contribution in [1.29, 1.82) is 0 Å². The van der Waals surface area contributed by atoms with E-state index in [4.69, 9.17) is 16.3 Å². The van der Waals surface area contributed by atoms with Gasteiger partial charge in [-0.25, -0.2) is 8.42 Å². The highest BCUT2D eigenvalue weighted by Crippen LogP contribution is 2.29. The molecule has 0 aliphatic rings. The zero-order valence-corrected chi connectivity index (χ0v) is 21.9. The number of nitrogens with zero attached hydrogens (tertiary/aromatic N) is 1. The molecule has 1 amide bonds. The average molecular weight is 515 g/mol. The third-order valence-electron chi connectivity index (χ3n) is 5.62. The fraction of sp³-hybridized carbons (Fsp3) is 0.296. The minimum atomic E-state index is -4.01. The van der Waals surface area contributed by atoms with Crippen LogP contribution in [0, 0.1) is 12.8 Å². The number of benzene rings is 3. The Morgan fingerprint density at radius 2 is 1.69 bits per heavy atom. The molecular formula is C27H31ClN2O4S. The Labute approximate surface area is 212 Å². The van der Waals surface area contributed by atoms with Gasteiger partial charge in [-0.1, -0.05) is 61.8 Å². The number of carbonyl (C=O) groups is 1. The Balaban J connectivity index is 1.93. The van der Waals surface area contributed by atoms with Crippen molar-refractivity contribution in [3.8, 4) is 5.75 Å². The molecule has 3 aromatic carbocycles. The van der Waals surface area contributed by atoms with Crippen LogP contribution in [0.25, 0.3) is 0 Å². The maximum absolute atomic E-state index is 13.6. The second-order valence-corrected chi connectivity index (χ2v) is 11.1. The number of rotatable bonds is 10. The van der Waals surface area contributed by atoms with Gasteiger partial charge in [0.15, 0.2) is 0 Å². The summed E-state index contributed by atoms with van der Waals surface area (Å²) < 4.78 is 33.5. The largest absolute Gasteiger partial charge is 0.497 e. The summed E-state index contributed by atoms with van der Waals surface area (Å²) in [7, 11) is -2.42. The van der Waals surface area contributed by atoms with Gasteiger partial charge >= 0.3 is 0 Å². The number of hydrogen-bond acceptors (Lipinski definition) is 4. The quantitative estimate of drug-likeness (QED) is 0.373. The van der Waals surface area contributed by atoms with Crippen LogP contribution in [-0.4, -0.2) is 28.0 Å². The first kappa shape index (κ1) is 26.6. The summed E-state index contributed by atoms with van der Waals surface area (Å²) in [5, 5.41) is 3.46. The summed E-state index contributed by atoms with van der Waals surface area (Å²) in [5.41, 5.74) is 2.06. The molecule has 0 bridgehead atoms. The topological polar surface area (TPSA) is 75.7 Å². The van der Waals surface area contributed by atoms with E-state index in [-0.39, 0.29) is 17.5 Å². The van der Waals surface area contributed by atoms with Crippen LogP contribution in [0.4, 0.5) is 5.69 Å². The maximum Gasteiger partial charge on any atom is 0.264 e. The number of carbonyl (C=O) groups excluding carboxylic acids is 1. The summed E-state index contributed by atoms with van der Waals surface area (Å²) in [6.07, 6.45) is 0.694. The zero-order chi connectivity index (χ0) is 25.6. The van der Waals surface area contributed by atoms with E-state index >= 15 is 0 Å². The lowest BCUT2D eigenvalue weighted by Crippen LogP contribution is -2.42. The highest BCUT2D eigenvalue weighted by molar-refractivity contribution is 7.92. The Morgan fingerprint density at radius 3 is 2.26 bits per heavy atom. The smallest absolute Gasteiger partial charge is 0.264 e. The van der Waals surface area contributed by atoms with Crippen molar-refractivity contribution < 1.29 is 17.9 Å². The number of hydrogen-bond donors (Lipinski definition) is 1. The number of methoxy groups -OCH3 is 1. The molecule has 0 saturated heterocycles. The minimum absolute atomic E-state index is 0.0957. The third-order valence-corrected chi connectivity index (χ3v) is 7.82. The van der Waals surface area contributed by atoms with Crippen molar-refractivity contribution in [2.75, 3.05) is 18.0 Å². The van der Waals surface area contributed by atoms with E-state index in [1.807, 2.05) is 31.2 Å². The molecule has 0 fully saturated rings. The molecule has 186 valence electrons. The molecule has 0 radical (unpaired) electrons. The molecule has 1 N–H and O–H groups in total. The molecule has 3 rings (SSSR count). The highest BCUT2D eigenvalue weighted by atomic mass is 35.5. The molecule has 35 heavy (non-hydrogen) atoms. The van der Waals surface area contributed by atoms with E-state index in [2.05, 4.69) is 19.2 Å². The van der Waals surface area contributed by atoms with Crippen LogP contribution in [0.3, 0.4) is 0 Å². The third kappa shape index (κ3) is 6.77. The zero-order valence-electron chi connectivity index (χ0n) is 20.4. The van der Waals surface area contributed by atoms with E-state index in [0.717, 1.165) is 21.2 Å². The van der Waals surface area contributed by atoms with Crippen molar-refractivity contribution in [2.45, 2.75) is 38.1 Å². The van der Waals surface area contributed by atoms with Gasteiger partial charge in [-0.3, -0.25) is 9.10 Å². The Bertz CT molecular complexity index is 1250. The highest BCUT2D eigenvalue weighted by Gasteiger charge is 2.28. The Kier molecular flexibility index (Phi) is 8.81. The molecule has 0 unspecified atom stereocenters. The van der Waals surface area contributed by atoms with Gasteiger partial charge in [0.05, 0.1) is 23.7 Å². The summed E-state index contributed by atoms with van der Waals surface area (Å²) in [6, 6.07) is 20.2. The second-order valence-electron chi connectivity index (χ2n) is 8.78. The lowest BCUT2D eigenvalue weighted by Gasteiger charge is -2.27. The minimum Gasteiger partial charge on any atom is -0.497 e. The van der Waals surface area contributed by atoms with Crippen molar-refractivity contribution in [2.24, 2.45) is 5.92 Å². The van der Waals surface area contributed by atoms with Gasteiger partial charge in [0, 0.05) is 5.02 Å². The summed E-state index contributed by atoms with van der Waals surface area (Å²) >= 11 is 6.30. The Hall–Kier alpha value is -3.03. The number of sulfonamides is 1. The average Bonchev–Trinajstić information content (AvgIpc) is 2.84. The molecule has 0 heterocycles. The molecule has 0 aliphatic heterocycles. The van der Waals surface area contributed by atoms with Gasteiger partial charge in [0.1, 0.15) is 12.3 Å². The first-order valence-electron chi connectivity index (χ1n) is 11.4. The van der Waals surface area contributed by atoms with Gasteiger partial charge in [0.25, 0.3) is 10.0 Å². The summed E-state index contributed by atoms with van der Waals surface area (Å²) in [5.74, 6) is 0.616. The van der Waals surface area contributed by atoms with Crippen molar-refractivity contribution in [3.63, 3.8) is 0 Å². The lowest BCUT2D eigenvalue weighted by atomic mass is 9.97. The van der Waals surface area contributed by atoms with E-state index in [1.165, 1.54) is 12.1 Å². The molecule has 1 atom stereocenters. The molecule has 0 spiro atoms. The number of ether oxygens (including phenoxy) is 1. The first-order valence-corrected chi connectivity index (χ1v) is 13.2. The van der Waals surface area contributed by atoms with Crippen LogP contribution in [0.2, 0.25) is 5.02 Å². The predicted molar refractivity (Wildman–Crippen MR) is 140 cm³/mol. The van der Waals surface area contributed by atoms with Crippen LogP contribution in [-0.2, 0) is 14.8 Å². The molecule has 0 aromatic heterocycles. The van der Waals surface area contributed by atoms with Gasteiger partial charge < -0.3 is 10.1 Å². The first-order chi connectivity index (χ1) is 16.6. The number of halogens is 1. The van der Waals surface area contributed by atoms with Crippen molar-refractivity contribution >= 4 is 33.2 Å². The van der Waals surface area contributed by atoms with Crippen LogP contribution in [0.15, 0.2) is 77.7 Å². The van der Waals surface area contributed by atoms with Crippen LogP contribution in [0.5, 0.6) is 5.75 Å². The standard InChI is InChI=1S/C27H31ClN2O4S/c1-19(2)16-26(21-11-14-23(34-4)15-12-21)29-27(31)18-30(22-13-10-20(3)25(28)17-22)35(32,33)24-8-6-5-7-9-24/h5-15,17,19,26H,16,18H2,1-4H3,(H,29,31)/t26-/m0/s1. The van der Waals surface area contributed by atoms with E-state index in [0.29, 0.717) is 23.0 Å². The number of amides is 1. The van der Waals surface area contributed by atoms with E-state index < -0.39 is 15.9 Å². The summed E-state index contributed by atoms with van der Waals surface area (Å²) in [4.78, 5) is 13.4. The van der Waals surface area contributed by atoms with Crippen LogP contribution in [0.1, 0.15) is 37.4 Å². The maximum atomic E-state index is 13.6. The van der Waals surface area contributed by atoms with Crippen molar-refractivity contribution in [3.05, 3.63) is 88.9 Å². The number of aryl methyl sites for hydroxylation is 1. The molecule has 6 nitrogen and oxygen atoms in total. The van der Waals surface area contributed by atoms with E-state index in [1.54, 1.807) is 43.5 Å². The molecule has 8 heteroatoms. The molecule has 0 saturated carbocycles. The lowest BCUT2D eigenvalue weighted by molar-refractivity contribution is -0.120. The molecule has 0 aliphatic carbocycles. The van der Waals surface area contributed by atoms with Gasteiger partial charge in [-0.05, 0) is 66.8 Å². The van der Waals surface area contributed by atoms with Gasteiger partial charge in [0.2, 0.25) is 5.91 Å². The predicted octanol–water partition coefficient (Wildman–Crippen LogP) is 5.76. The Morgan fingerprint density at radius 1 is 1.03 bits per heavy atom. The normalized spacial score (nSPS) is 12.3. The summed E-state index contributed by atoms with van der Waals surface area (Å²) in [6.45, 7) is 5.59. The fourth-order valence-electron chi connectivity index (χ4n) is 3.73. The second kappa shape index (κ2) is 11.6. The van der Waals surface area contributed by atoms with Crippen LogP contribution < -0.4 is 14.4 Å². The number of anilines is 1. The van der Waals surface area contributed by atoms with Crippen molar-refractivity contribution in [1.82, 2.24) is 5.32 Å².